The minimum absolute atomic E-state index is 0.0333. The highest BCUT2D eigenvalue weighted by molar-refractivity contribution is 5.89. The molecule has 5 rings (SSSR count). The molecule has 2 fully saturated rings. The molecule has 2 aromatic rings. The first-order chi connectivity index (χ1) is 13.7. The summed E-state index contributed by atoms with van der Waals surface area (Å²) in [5.74, 6) is -3.00. The summed E-state index contributed by atoms with van der Waals surface area (Å²) in [6, 6.07) is 3.40. The zero-order valence-corrected chi connectivity index (χ0v) is 16.2. The molecule has 2 aliphatic carbocycles. The summed E-state index contributed by atoms with van der Waals surface area (Å²) in [4.78, 5) is 25.8. The quantitative estimate of drug-likeness (QED) is 0.824. The lowest BCUT2D eigenvalue weighted by atomic mass is 10.0. The number of pyridine rings is 1. The van der Waals surface area contributed by atoms with Crippen LogP contribution in [-0.4, -0.2) is 33.5 Å². The molecular formula is C20H21F2N5O2. The lowest BCUT2D eigenvalue weighted by Gasteiger charge is -2.21. The highest BCUT2D eigenvalue weighted by Gasteiger charge is 2.53. The third-order valence-electron chi connectivity index (χ3n) is 5.53. The number of nitrogens with zero attached hydrogens (tertiary/aromatic N) is 4. The second-order valence-corrected chi connectivity index (χ2v) is 8.23. The lowest BCUT2D eigenvalue weighted by Crippen LogP contribution is -2.23. The van der Waals surface area contributed by atoms with Crippen molar-refractivity contribution in [1.82, 2.24) is 15.0 Å². The van der Waals surface area contributed by atoms with Crippen molar-refractivity contribution in [3.63, 3.8) is 0 Å². The van der Waals surface area contributed by atoms with Crippen LogP contribution in [0, 0.1) is 0 Å². The van der Waals surface area contributed by atoms with E-state index in [4.69, 9.17) is 4.74 Å². The number of hydrogen-bond donors (Lipinski definition) is 1. The fourth-order valence-corrected chi connectivity index (χ4v) is 3.75. The van der Waals surface area contributed by atoms with E-state index >= 15 is 0 Å². The van der Waals surface area contributed by atoms with Crippen LogP contribution < -0.4 is 15.0 Å². The second kappa shape index (κ2) is 6.08. The number of aromatic nitrogens is 3. The van der Waals surface area contributed by atoms with Gasteiger partial charge in [-0.05, 0) is 25.7 Å². The number of ether oxygens (including phenoxy) is 1. The zero-order valence-electron chi connectivity index (χ0n) is 16.2. The minimum atomic E-state index is -3.18. The largest absolute Gasteiger partial charge is 0.474 e. The molecule has 7 nitrogen and oxygen atoms in total. The molecule has 29 heavy (non-hydrogen) atoms. The van der Waals surface area contributed by atoms with Gasteiger partial charge in [0.15, 0.2) is 0 Å². The van der Waals surface area contributed by atoms with Gasteiger partial charge in [0.1, 0.15) is 17.7 Å². The zero-order chi connectivity index (χ0) is 20.4. The molecule has 1 N–H and O–H groups in total. The van der Waals surface area contributed by atoms with Crippen LogP contribution >= 0.6 is 0 Å². The first-order valence-electron chi connectivity index (χ1n) is 9.73. The van der Waals surface area contributed by atoms with E-state index in [1.54, 1.807) is 18.3 Å². The summed E-state index contributed by atoms with van der Waals surface area (Å²) in [7, 11) is 0. The third-order valence-corrected chi connectivity index (χ3v) is 5.53. The van der Waals surface area contributed by atoms with Crippen LogP contribution in [-0.2, 0) is 16.1 Å². The predicted octanol–water partition coefficient (Wildman–Crippen LogP) is 3.67. The van der Waals surface area contributed by atoms with Gasteiger partial charge in [-0.3, -0.25) is 4.79 Å². The summed E-state index contributed by atoms with van der Waals surface area (Å²) in [6.07, 6.45) is 5.62. The number of nitrogens with one attached hydrogen (secondary N) is 1. The summed E-state index contributed by atoms with van der Waals surface area (Å²) in [5.41, 5.74) is 1.84. The molecule has 0 bridgehead atoms. The van der Waals surface area contributed by atoms with Gasteiger partial charge in [0.2, 0.25) is 17.6 Å². The van der Waals surface area contributed by atoms with Gasteiger partial charge in [0.05, 0.1) is 5.69 Å². The smallest absolute Gasteiger partial charge is 0.304 e. The van der Waals surface area contributed by atoms with E-state index in [1.165, 1.54) is 6.92 Å². The molecule has 3 heterocycles. The van der Waals surface area contributed by atoms with E-state index in [-0.39, 0.29) is 23.3 Å². The highest BCUT2D eigenvalue weighted by Crippen LogP contribution is 2.58. The van der Waals surface area contributed by atoms with Crippen molar-refractivity contribution in [1.29, 1.82) is 0 Å². The molecule has 1 amide bonds. The van der Waals surface area contributed by atoms with Gasteiger partial charge in [-0.2, -0.15) is 13.8 Å². The summed E-state index contributed by atoms with van der Waals surface area (Å²) >= 11 is 0. The number of rotatable bonds is 5. The molecular weight excluding hydrogens is 380 g/mol. The van der Waals surface area contributed by atoms with Crippen LogP contribution in [0.4, 0.5) is 26.1 Å². The fraction of sp³-hybridized carbons (Fsp3) is 0.500. The van der Waals surface area contributed by atoms with E-state index in [0.29, 0.717) is 18.2 Å². The fourth-order valence-electron chi connectivity index (χ4n) is 3.75. The van der Waals surface area contributed by atoms with Crippen LogP contribution in [0.15, 0.2) is 18.3 Å². The van der Waals surface area contributed by atoms with Gasteiger partial charge < -0.3 is 15.0 Å². The molecule has 2 saturated carbocycles. The van der Waals surface area contributed by atoms with Crippen LogP contribution in [0.3, 0.4) is 0 Å². The van der Waals surface area contributed by atoms with Crippen LogP contribution in [0.25, 0.3) is 0 Å². The molecule has 0 saturated heterocycles. The number of carbonyl (C=O) groups excluding carboxylic acids is 1. The first-order valence-corrected chi connectivity index (χ1v) is 9.73. The third kappa shape index (κ3) is 3.38. The van der Waals surface area contributed by atoms with Gasteiger partial charge in [0.25, 0.3) is 0 Å². The van der Waals surface area contributed by atoms with Crippen molar-refractivity contribution in [2.45, 2.75) is 57.0 Å². The van der Waals surface area contributed by atoms with Gasteiger partial charge in [-0.25, -0.2) is 9.97 Å². The first kappa shape index (κ1) is 18.2. The van der Waals surface area contributed by atoms with E-state index < -0.39 is 11.7 Å². The molecule has 152 valence electrons. The Labute approximate surface area is 166 Å². The Morgan fingerprint density at radius 3 is 2.69 bits per heavy atom. The van der Waals surface area contributed by atoms with E-state index in [0.717, 1.165) is 43.9 Å². The molecule has 1 spiro atoms. The minimum Gasteiger partial charge on any atom is -0.474 e. The summed E-state index contributed by atoms with van der Waals surface area (Å²) in [6.45, 7) is 2.82. The number of anilines is 3. The highest BCUT2D eigenvalue weighted by atomic mass is 19.3. The number of alkyl halides is 2. The standard InChI is InChI=1S/C20H21F2N5O2/c1-11(28)24-15-7-14-13(9-23-15)20(5-6-20)10-27(14)16-8-17(29-12-3-4-12)26-18(25-16)19(2,21)22/h7-9,12H,3-6,10H2,1-2H3,(H,23,24,28). The average molecular weight is 401 g/mol. The summed E-state index contributed by atoms with van der Waals surface area (Å²) in [5, 5.41) is 2.68. The van der Waals surface area contributed by atoms with Crippen molar-refractivity contribution in [2.75, 3.05) is 16.8 Å². The lowest BCUT2D eigenvalue weighted by molar-refractivity contribution is -0.114. The maximum Gasteiger partial charge on any atom is 0.304 e. The normalized spacial score (nSPS) is 19.2. The van der Waals surface area contributed by atoms with Gasteiger partial charge in [-0.15, -0.1) is 0 Å². The monoisotopic (exact) mass is 401 g/mol. The summed E-state index contributed by atoms with van der Waals surface area (Å²) < 4.78 is 33.8. The van der Waals surface area contributed by atoms with Gasteiger partial charge >= 0.3 is 5.92 Å². The van der Waals surface area contributed by atoms with Gasteiger partial charge in [0, 0.05) is 49.7 Å². The van der Waals surface area contributed by atoms with E-state index in [9.17, 15) is 13.6 Å². The SMILES string of the molecule is CC(=O)Nc1cc2c(cn1)C1(CC1)CN2c1cc(OC2CC2)nc(C(C)(F)F)n1. The molecule has 0 radical (unpaired) electrons. The average Bonchev–Trinajstić information content (AvgIpc) is 3.54. The van der Waals surface area contributed by atoms with Crippen LogP contribution in [0.1, 0.15) is 50.9 Å². The molecule has 9 heteroatoms. The van der Waals surface area contributed by atoms with Crippen molar-refractivity contribution >= 4 is 23.2 Å². The number of carbonyl (C=O) groups is 1. The van der Waals surface area contributed by atoms with Crippen LogP contribution in [0.5, 0.6) is 5.88 Å². The molecule has 3 aliphatic rings. The van der Waals surface area contributed by atoms with Crippen molar-refractivity contribution in [3.05, 3.63) is 29.7 Å². The Hall–Kier alpha value is -2.84. The molecule has 0 unspecified atom stereocenters. The Kier molecular flexibility index (Phi) is 3.81. The Morgan fingerprint density at radius 1 is 1.31 bits per heavy atom. The molecule has 1 aliphatic heterocycles. The second-order valence-electron chi connectivity index (χ2n) is 8.23. The van der Waals surface area contributed by atoms with Crippen LogP contribution in [0.2, 0.25) is 0 Å². The van der Waals surface area contributed by atoms with Crippen molar-refractivity contribution in [3.8, 4) is 5.88 Å². The molecule has 0 aromatic carbocycles. The Balaban J connectivity index is 1.58. The Morgan fingerprint density at radius 2 is 2.07 bits per heavy atom. The Bertz CT molecular complexity index is 999. The van der Waals surface area contributed by atoms with Crippen molar-refractivity contribution in [2.24, 2.45) is 0 Å². The topological polar surface area (TPSA) is 80.2 Å². The predicted molar refractivity (Wildman–Crippen MR) is 102 cm³/mol. The van der Waals surface area contributed by atoms with E-state index in [1.807, 2.05) is 4.90 Å². The number of halogens is 2. The number of fused-ring (bicyclic) bond motifs is 2. The van der Waals surface area contributed by atoms with E-state index in [2.05, 4.69) is 20.3 Å². The number of amides is 1. The number of hydrogen-bond acceptors (Lipinski definition) is 6. The maximum absolute atomic E-state index is 14.1. The van der Waals surface area contributed by atoms with Gasteiger partial charge in [-0.1, -0.05) is 0 Å². The molecule has 0 atom stereocenters. The maximum atomic E-state index is 14.1. The van der Waals surface area contributed by atoms with Crippen molar-refractivity contribution < 1.29 is 18.3 Å². The molecule has 2 aromatic heterocycles.